The standard InChI is InChI=1S/C44H48ClF3N10O5/c1-54-33-19-29(46)30(18-27(33)36-37(41(54)61)63-22-44(47,48)38(52-36)25-3-4-25)50-39-28(45)20-49-42(53-39)57-15-9-23(10-16-57)21-56-13-11-24(12-14-56)26-5-6-31-34(17-26)55(2)43(62)58(31)32-7-8-35(59)51-40(32)60/h5-6,17-20,23-25,32,38,52H,3-4,7-16,21-22H2,1-2H3,(H,49,50,53)(H,51,59,60). The molecule has 0 bridgehead atoms. The molecule has 2 unspecified atom stereocenters. The van der Waals surface area contributed by atoms with Gasteiger partial charge in [0.2, 0.25) is 23.5 Å². The van der Waals surface area contributed by atoms with Crippen LogP contribution < -0.4 is 36.8 Å². The predicted molar refractivity (Wildman–Crippen MR) is 232 cm³/mol. The highest BCUT2D eigenvalue weighted by molar-refractivity contribution is 6.33. The first kappa shape index (κ1) is 41.4. The first-order chi connectivity index (χ1) is 30.2. The Morgan fingerprint density at radius 1 is 0.921 bits per heavy atom. The molecule has 1 saturated carbocycles. The van der Waals surface area contributed by atoms with Gasteiger partial charge in [0.1, 0.15) is 16.9 Å². The van der Waals surface area contributed by atoms with Crippen molar-refractivity contribution < 1.29 is 27.5 Å². The summed E-state index contributed by atoms with van der Waals surface area (Å²) in [6.07, 6.45) is 7.08. The van der Waals surface area contributed by atoms with Crippen LogP contribution in [-0.2, 0) is 23.7 Å². The molecular formula is C44H48ClF3N10O5. The van der Waals surface area contributed by atoms with Gasteiger partial charge < -0.3 is 29.7 Å². The maximum atomic E-state index is 15.8. The van der Waals surface area contributed by atoms with Crippen LogP contribution in [0.25, 0.3) is 21.9 Å². The zero-order valence-electron chi connectivity index (χ0n) is 34.9. The summed E-state index contributed by atoms with van der Waals surface area (Å²) >= 11 is 6.56. The number of carbonyl (C=O) groups excluding carboxylic acids is 2. The zero-order chi connectivity index (χ0) is 43.9. The lowest BCUT2D eigenvalue weighted by atomic mass is 9.88. The maximum absolute atomic E-state index is 15.8. The molecule has 0 spiro atoms. The number of benzene rings is 2. The number of carbonyl (C=O) groups is 2. The smallest absolute Gasteiger partial charge is 0.329 e. The second-order valence-corrected chi connectivity index (χ2v) is 18.3. The quantitative estimate of drug-likeness (QED) is 0.162. The lowest BCUT2D eigenvalue weighted by Crippen LogP contribution is -2.44. The zero-order valence-corrected chi connectivity index (χ0v) is 35.7. The van der Waals surface area contributed by atoms with Gasteiger partial charge >= 0.3 is 11.6 Å². The Hall–Kier alpha value is -5.62. The Bertz CT molecular complexity index is 2790. The number of pyridine rings is 1. The number of aromatic nitrogens is 5. The number of ether oxygens (including phenoxy) is 1. The van der Waals surface area contributed by atoms with Crippen LogP contribution >= 0.6 is 11.6 Å². The van der Waals surface area contributed by atoms with Crippen molar-refractivity contribution in [1.29, 1.82) is 0 Å². The SMILES string of the molecule is Cn1c(=O)c2c(c3cc(Nc4nc(N5CCC(CN6CCC(c7ccc8c(c7)n(C)c(=O)n8C7CCC(=O)NC7=O)CC6)CC5)ncc4Cl)c(F)cc31)NC(C1CC1)C(F)(F)CO2. The van der Waals surface area contributed by atoms with Crippen molar-refractivity contribution in [3.8, 4) is 5.75 Å². The molecule has 3 saturated heterocycles. The molecule has 2 aromatic carbocycles. The number of piperidine rings is 3. The van der Waals surface area contributed by atoms with Crippen LogP contribution in [0.4, 0.5) is 36.3 Å². The number of amides is 2. The highest BCUT2D eigenvalue weighted by Gasteiger charge is 2.51. The molecule has 2 amide bonds. The van der Waals surface area contributed by atoms with E-state index in [0.29, 0.717) is 47.9 Å². The highest BCUT2D eigenvalue weighted by Crippen LogP contribution is 2.46. The number of nitrogens with one attached hydrogen (secondary N) is 3. The number of rotatable bonds is 8. The number of imide groups is 1. The number of hydrogen-bond acceptors (Lipinski definition) is 11. The Balaban J connectivity index is 0.778. The van der Waals surface area contributed by atoms with Crippen LogP contribution in [0.2, 0.25) is 5.02 Å². The number of anilines is 4. The van der Waals surface area contributed by atoms with Crippen molar-refractivity contribution in [1.82, 2.24) is 33.9 Å². The van der Waals surface area contributed by atoms with Crippen molar-refractivity contribution in [2.45, 2.75) is 75.3 Å². The van der Waals surface area contributed by atoms with Gasteiger partial charge in [0, 0.05) is 51.6 Å². The van der Waals surface area contributed by atoms with E-state index in [4.69, 9.17) is 21.3 Å². The Labute approximate surface area is 364 Å². The summed E-state index contributed by atoms with van der Waals surface area (Å²) in [5.74, 6) is -3.70. The summed E-state index contributed by atoms with van der Waals surface area (Å²) in [7, 11) is 3.17. The molecule has 2 atom stereocenters. The molecule has 0 radical (unpaired) electrons. The number of hydrogen-bond donors (Lipinski definition) is 3. The fourth-order valence-corrected chi connectivity index (χ4v) is 10.2. The van der Waals surface area contributed by atoms with E-state index in [1.54, 1.807) is 11.6 Å². The second kappa shape index (κ2) is 15.9. The molecule has 15 nitrogen and oxygen atoms in total. The third-order valence-corrected chi connectivity index (χ3v) is 14.1. The normalized spacial score (nSPS) is 22.4. The first-order valence-electron chi connectivity index (χ1n) is 21.7. The minimum Gasteiger partial charge on any atom is -0.480 e. The van der Waals surface area contributed by atoms with Crippen LogP contribution in [0.3, 0.4) is 0 Å². The third-order valence-electron chi connectivity index (χ3n) is 13.8. The monoisotopic (exact) mass is 888 g/mol. The van der Waals surface area contributed by atoms with Gasteiger partial charge in [-0.15, -0.1) is 0 Å². The van der Waals surface area contributed by atoms with Gasteiger partial charge in [-0.05, 0) is 99.6 Å². The van der Waals surface area contributed by atoms with Crippen LogP contribution in [0.5, 0.6) is 5.75 Å². The second-order valence-electron chi connectivity index (χ2n) is 17.9. The topological polar surface area (TPSA) is 161 Å². The van der Waals surface area contributed by atoms with Gasteiger partial charge in [0.25, 0.3) is 5.56 Å². The predicted octanol–water partition coefficient (Wildman–Crippen LogP) is 5.81. The van der Waals surface area contributed by atoms with E-state index in [1.807, 2.05) is 6.07 Å². The minimum atomic E-state index is -3.21. The lowest BCUT2D eigenvalue weighted by molar-refractivity contribution is -0.135. The fourth-order valence-electron chi connectivity index (χ4n) is 10.0. The number of nitrogens with zero attached hydrogens (tertiary/aromatic N) is 7. The molecule has 63 heavy (non-hydrogen) atoms. The molecule has 3 N–H and O–H groups in total. The van der Waals surface area contributed by atoms with E-state index in [1.165, 1.54) is 40.1 Å². The first-order valence-corrected chi connectivity index (χ1v) is 22.1. The van der Waals surface area contributed by atoms with Gasteiger partial charge in [0.05, 0.1) is 40.2 Å². The van der Waals surface area contributed by atoms with Crippen molar-refractivity contribution >= 4 is 68.5 Å². The Kier molecular flexibility index (Phi) is 10.4. The van der Waals surface area contributed by atoms with E-state index in [9.17, 15) is 19.2 Å². The number of imidazole rings is 1. The molecule has 5 aliphatic rings. The van der Waals surface area contributed by atoms with E-state index < -0.39 is 41.9 Å². The van der Waals surface area contributed by atoms with Crippen molar-refractivity contribution in [2.24, 2.45) is 25.9 Å². The lowest BCUT2D eigenvalue weighted by Gasteiger charge is -2.38. The number of halogens is 4. The largest absolute Gasteiger partial charge is 0.480 e. The summed E-state index contributed by atoms with van der Waals surface area (Å²) in [6, 6.07) is 6.79. The van der Waals surface area contributed by atoms with E-state index in [2.05, 4.69) is 42.9 Å². The molecule has 1 aliphatic carbocycles. The van der Waals surface area contributed by atoms with Crippen LogP contribution in [-0.4, -0.2) is 91.7 Å². The molecule has 7 heterocycles. The molecule has 4 aliphatic heterocycles. The number of likely N-dealkylation sites (tertiary alicyclic amines) is 1. The maximum Gasteiger partial charge on any atom is 0.329 e. The van der Waals surface area contributed by atoms with Gasteiger partial charge in [-0.1, -0.05) is 17.7 Å². The van der Waals surface area contributed by atoms with Crippen molar-refractivity contribution in [3.05, 3.63) is 73.8 Å². The molecule has 19 heteroatoms. The van der Waals surface area contributed by atoms with E-state index >= 15 is 13.2 Å². The number of aryl methyl sites for hydroxylation is 2. The third kappa shape index (κ3) is 7.57. The van der Waals surface area contributed by atoms with Crippen molar-refractivity contribution in [2.75, 3.05) is 54.9 Å². The van der Waals surface area contributed by atoms with Gasteiger partial charge in [-0.25, -0.2) is 22.9 Å². The average Bonchev–Trinajstić information content (AvgIpc) is 4.09. The molecule has 3 aromatic heterocycles. The van der Waals surface area contributed by atoms with Gasteiger partial charge in [-0.2, -0.15) is 4.98 Å². The van der Waals surface area contributed by atoms with Crippen LogP contribution in [0.15, 0.2) is 46.1 Å². The average molecular weight is 889 g/mol. The molecular weight excluding hydrogens is 841 g/mol. The summed E-state index contributed by atoms with van der Waals surface area (Å²) in [5, 5.41) is 8.80. The van der Waals surface area contributed by atoms with E-state index in [-0.39, 0.29) is 57.4 Å². The summed E-state index contributed by atoms with van der Waals surface area (Å²) in [5.41, 5.74) is 2.05. The van der Waals surface area contributed by atoms with Gasteiger partial charge in [0.15, 0.2) is 12.4 Å². The Morgan fingerprint density at radius 3 is 2.41 bits per heavy atom. The molecule has 5 aromatic rings. The minimum absolute atomic E-state index is 0.00630. The molecule has 4 fully saturated rings. The molecule has 332 valence electrons. The number of alkyl halides is 2. The fraction of sp³-hybridized carbons (Fsp3) is 0.500. The number of fused-ring (bicyclic) bond motifs is 4. The summed E-state index contributed by atoms with van der Waals surface area (Å²) in [4.78, 5) is 64.7. The van der Waals surface area contributed by atoms with E-state index in [0.717, 1.165) is 63.9 Å². The summed E-state index contributed by atoms with van der Waals surface area (Å²) in [6.45, 7) is 3.40. The highest BCUT2D eigenvalue weighted by atomic mass is 35.5. The summed E-state index contributed by atoms with van der Waals surface area (Å²) < 4.78 is 55.9. The van der Waals surface area contributed by atoms with Gasteiger partial charge in [-0.3, -0.25) is 28.8 Å². The van der Waals surface area contributed by atoms with Crippen LogP contribution in [0, 0.1) is 17.7 Å². The Morgan fingerprint density at radius 2 is 1.68 bits per heavy atom. The molecule has 10 rings (SSSR count). The van der Waals surface area contributed by atoms with Crippen molar-refractivity contribution in [3.63, 3.8) is 0 Å². The van der Waals surface area contributed by atoms with Crippen LogP contribution in [0.1, 0.15) is 68.9 Å².